The summed E-state index contributed by atoms with van der Waals surface area (Å²) >= 11 is 0. The Bertz CT molecular complexity index is 1750. The molecule has 2 aliphatic rings. The van der Waals surface area contributed by atoms with Crippen LogP contribution in [0.4, 0.5) is 22.0 Å². The van der Waals surface area contributed by atoms with Crippen LogP contribution < -0.4 is 9.80 Å². The zero-order chi connectivity index (χ0) is 35.0. The van der Waals surface area contributed by atoms with Crippen LogP contribution in [0.15, 0.2) is 43.0 Å². The topological polar surface area (TPSA) is 121 Å². The van der Waals surface area contributed by atoms with Crippen molar-refractivity contribution in [2.45, 2.75) is 97.1 Å². The molecular weight excluding hydrogens is 641 g/mol. The van der Waals surface area contributed by atoms with E-state index in [9.17, 15) is 4.79 Å². The number of carbonyl (C=O) groups excluding carboxylic acids is 1. The smallest absolute Gasteiger partial charge is 0.420 e. The van der Waals surface area contributed by atoms with Gasteiger partial charge in [-0.25, -0.2) is 28.9 Å². The SMILES string of the molecule is CC(C)(C)OC(=O)N(c1ccc(N2CCOCC2)cc1)c1ncc(-c2cnn(C3CCCCO3)c2C(C)(C)O[SiH2]C(C)(C)C)n2ncnc12. The third-order valence-electron chi connectivity index (χ3n) is 8.49. The van der Waals surface area contributed by atoms with E-state index in [1.165, 1.54) is 11.2 Å². The quantitative estimate of drug-likeness (QED) is 0.199. The van der Waals surface area contributed by atoms with Crippen LogP contribution in [0.1, 0.15) is 86.6 Å². The first-order valence-corrected chi connectivity index (χ1v) is 18.5. The maximum atomic E-state index is 13.9. The summed E-state index contributed by atoms with van der Waals surface area (Å²) in [5.74, 6) is 0.301. The molecule has 0 aliphatic carbocycles. The van der Waals surface area contributed by atoms with E-state index in [2.05, 4.69) is 49.6 Å². The van der Waals surface area contributed by atoms with Crippen molar-refractivity contribution in [1.82, 2.24) is 29.4 Å². The van der Waals surface area contributed by atoms with Crippen molar-refractivity contribution in [1.29, 1.82) is 0 Å². The van der Waals surface area contributed by atoms with Crippen LogP contribution in [0.25, 0.3) is 16.9 Å². The monoisotopic (exact) mass is 690 g/mol. The number of amides is 1. The molecule has 2 aliphatic heterocycles. The number of hydrogen-bond acceptors (Lipinski definition) is 10. The summed E-state index contributed by atoms with van der Waals surface area (Å²) in [4.78, 5) is 27.2. The normalized spacial score (nSPS) is 18.0. The van der Waals surface area contributed by atoms with Crippen molar-refractivity contribution in [3.63, 3.8) is 0 Å². The van der Waals surface area contributed by atoms with Crippen molar-refractivity contribution in [2.75, 3.05) is 42.7 Å². The maximum absolute atomic E-state index is 13.9. The molecule has 1 unspecified atom stereocenters. The molecule has 0 bridgehead atoms. The fraction of sp³-hybridized carbons (Fsp3) is 0.571. The third-order valence-corrected chi connectivity index (χ3v) is 10.2. The van der Waals surface area contributed by atoms with Crippen LogP contribution in [0.3, 0.4) is 0 Å². The molecule has 14 heteroatoms. The second-order valence-corrected chi connectivity index (χ2v) is 18.1. The molecule has 1 aromatic carbocycles. The second-order valence-electron chi connectivity index (χ2n) is 15.4. The van der Waals surface area contributed by atoms with Gasteiger partial charge < -0.3 is 23.5 Å². The summed E-state index contributed by atoms with van der Waals surface area (Å²) in [5.41, 5.74) is 3.02. The molecule has 0 saturated carbocycles. The second kappa shape index (κ2) is 13.8. The molecule has 2 saturated heterocycles. The first-order valence-electron chi connectivity index (χ1n) is 17.2. The number of hydrogen-bond donors (Lipinski definition) is 0. The van der Waals surface area contributed by atoms with Gasteiger partial charge in [0.15, 0.2) is 27.5 Å². The summed E-state index contributed by atoms with van der Waals surface area (Å²) in [5, 5.41) is 9.61. The molecule has 0 spiro atoms. The van der Waals surface area contributed by atoms with Crippen molar-refractivity contribution >= 4 is 38.7 Å². The molecule has 0 N–H and O–H groups in total. The van der Waals surface area contributed by atoms with Crippen molar-refractivity contribution in [3.8, 4) is 11.3 Å². The van der Waals surface area contributed by atoms with Gasteiger partial charge >= 0.3 is 6.09 Å². The molecule has 3 aromatic heterocycles. The fourth-order valence-corrected chi connectivity index (χ4v) is 7.08. The Morgan fingerprint density at radius 2 is 1.67 bits per heavy atom. The van der Waals surface area contributed by atoms with E-state index in [1.54, 1.807) is 10.7 Å². The van der Waals surface area contributed by atoms with Crippen LogP contribution in [-0.4, -0.2) is 83.7 Å². The van der Waals surface area contributed by atoms with Gasteiger partial charge in [0.25, 0.3) is 0 Å². The summed E-state index contributed by atoms with van der Waals surface area (Å²) in [6, 6.07) is 7.82. The number of anilines is 3. The summed E-state index contributed by atoms with van der Waals surface area (Å²) < 4.78 is 28.1. The Kier molecular flexibility index (Phi) is 9.86. The number of ether oxygens (including phenoxy) is 3. The van der Waals surface area contributed by atoms with E-state index >= 15 is 0 Å². The Morgan fingerprint density at radius 3 is 2.33 bits per heavy atom. The number of morpholine rings is 1. The van der Waals surface area contributed by atoms with E-state index in [1.807, 2.05) is 55.9 Å². The summed E-state index contributed by atoms with van der Waals surface area (Å²) in [7, 11) is -0.928. The van der Waals surface area contributed by atoms with Crippen LogP contribution in [0, 0.1) is 0 Å². The first-order chi connectivity index (χ1) is 23.2. The van der Waals surface area contributed by atoms with Crippen LogP contribution in [0.2, 0.25) is 5.04 Å². The fourth-order valence-electron chi connectivity index (χ4n) is 6.15. The van der Waals surface area contributed by atoms with Gasteiger partial charge in [-0.3, -0.25) is 0 Å². The molecule has 5 heterocycles. The minimum atomic E-state index is -0.928. The Labute approximate surface area is 290 Å². The van der Waals surface area contributed by atoms with Gasteiger partial charge in [-0.15, -0.1) is 0 Å². The highest BCUT2D eigenvalue weighted by atomic mass is 28.2. The predicted octanol–water partition coefficient (Wildman–Crippen LogP) is 6.15. The number of nitrogens with zero attached hydrogens (tertiary/aromatic N) is 8. The van der Waals surface area contributed by atoms with Gasteiger partial charge in [0, 0.05) is 30.9 Å². The van der Waals surface area contributed by atoms with Crippen LogP contribution in [0.5, 0.6) is 0 Å². The predicted molar refractivity (Wildman–Crippen MR) is 191 cm³/mol. The highest BCUT2D eigenvalue weighted by molar-refractivity contribution is 6.31. The van der Waals surface area contributed by atoms with E-state index in [4.69, 9.17) is 28.7 Å². The Morgan fingerprint density at radius 1 is 0.939 bits per heavy atom. The van der Waals surface area contributed by atoms with Gasteiger partial charge in [-0.2, -0.15) is 10.2 Å². The summed E-state index contributed by atoms with van der Waals surface area (Å²) in [6.07, 6.45) is 7.23. The molecule has 13 nitrogen and oxygen atoms in total. The number of benzene rings is 1. The standard InChI is InChI=1S/C35H50N8O5Si/c1-33(2,3)47-32(44)41(25-14-12-24(13-15-25)40-16-19-45-20-17-40)30-31-37-23-39-42(31)27(22-36-30)26-21-38-43(28-11-9-10-18-46-28)29(26)35(7,8)48-49-34(4,5)6/h12-15,21-23,28H,9-11,16-20,49H2,1-8H3. The van der Waals surface area contributed by atoms with Gasteiger partial charge in [0.1, 0.15) is 11.9 Å². The summed E-state index contributed by atoms with van der Waals surface area (Å²) in [6.45, 7) is 20.0. The lowest BCUT2D eigenvalue weighted by molar-refractivity contribution is -0.0477. The molecule has 0 radical (unpaired) electrons. The van der Waals surface area contributed by atoms with Crippen molar-refractivity contribution < 1.29 is 23.4 Å². The Hall–Kier alpha value is -3.85. The molecule has 1 atom stereocenters. The van der Waals surface area contributed by atoms with Crippen molar-refractivity contribution in [2.24, 2.45) is 0 Å². The van der Waals surface area contributed by atoms with E-state index in [0.717, 1.165) is 49.3 Å². The highest BCUT2D eigenvalue weighted by Gasteiger charge is 2.36. The molecule has 264 valence electrons. The number of fused-ring (bicyclic) bond motifs is 1. The van der Waals surface area contributed by atoms with E-state index in [-0.39, 0.29) is 11.3 Å². The lowest BCUT2D eigenvalue weighted by Gasteiger charge is -2.34. The Balaban J connectivity index is 1.44. The minimum Gasteiger partial charge on any atom is -0.443 e. The lowest BCUT2D eigenvalue weighted by atomic mass is 9.99. The van der Waals surface area contributed by atoms with Gasteiger partial charge in [0.2, 0.25) is 0 Å². The highest BCUT2D eigenvalue weighted by Crippen LogP contribution is 2.40. The van der Waals surface area contributed by atoms with Crippen LogP contribution in [-0.2, 0) is 24.2 Å². The average Bonchev–Trinajstić information content (AvgIpc) is 3.73. The van der Waals surface area contributed by atoms with Crippen molar-refractivity contribution in [3.05, 3.63) is 48.7 Å². The number of rotatable bonds is 8. The van der Waals surface area contributed by atoms with E-state index in [0.29, 0.717) is 42.7 Å². The molecule has 4 aromatic rings. The maximum Gasteiger partial charge on any atom is 0.420 e. The zero-order valence-electron chi connectivity index (χ0n) is 30.1. The average molecular weight is 691 g/mol. The van der Waals surface area contributed by atoms with E-state index < -0.39 is 27.1 Å². The molecule has 1 amide bonds. The third kappa shape index (κ3) is 7.82. The molecule has 2 fully saturated rings. The molecular formula is C35H50N8O5Si. The van der Waals surface area contributed by atoms with Gasteiger partial charge in [-0.1, -0.05) is 20.8 Å². The zero-order valence-corrected chi connectivity index (χ0v) is 31.5. The largest absolute Gasteiger partial charge is 0.443 e. The molecule has 6 rings (SSSR count). The first kappa shape index (κ1) is 35.0. The minimum absolute atomic E-state index is 0.0948. The van der Waals surface area contributed by atoms with Crippen LogP contribution >= 0.6 is 0 Å². The lowest BCUT2D eigenvalue weighted by Crippen LogP contribution is -2.36. The number of carbonyl (C=O) groups is 1. The molecule has 49 heavy (non-hydrogen) atoms. The van der Waals surface area contributed by atoms with Gasteiger partial charge in [0.05, 0.1) is 48.3 Å². The number of aromatic nitrogens is 6. The van der Waals surface area contributed by atoms with Gasteiger partial charge in [-0.05, 0) is 83.2 Å².